The molecule has 0 spiro atoms. The zero-order valence-electron chi connectivity index (χ0n) is 11.3. The number of rotatable bonds is 6. The summed E-state index contributed by atoms with van der Waals surface area (Å²) in [4.78, 5) is 5.49. The predicted molar refractivity (Wildman–Crippen MR) is 77.7 cm³/mol. The summed E-state index contributed by atoms with van der Waals surface area (Å²) in [6, 6.07) is 7.66. The van der Waals surface area contributed by atoms with Crippen LogP contribution in [0.4, 0.5) is 0 Å². The molecule has 0 aliphatic carbocycles. The highest BCUT2D eigenvalue weighted by Crippen LogP contribution is 2.20. The van der Waals surface area contributed by atoms with Crippen molar-refractivity contribution in [1.82, 2.24) is 4.98 Å². The summed E-state index contributed by atoms with van der Waals surface area (Å²) < 4.78 is 5.70. The minimum atomic E-state index is -0.381. The lowest BCUT2D eigenvalue weighted by atomic mass is 10.1. The maximum absolute atomic E-state index is 9.71. The topological polar surface area (TPSA) is 42.4 Å². The second-order valence-electron chi connectivity index (χ2n) is 4.45. The number of hydrogen-bond acceptors (Lipinski definition) is 4. The van der Waals surface area contributed by atoms with Gasteiger partial charge in [-0.2, -0.15) is 0 Å². The first kappa shape index (κ1) is 14.0. The highest BCUT2D eigenvalue weighted by Gasteiger charge is 2.05. The zero-order chi connectivity index (χ0) is 13.7. The van der Waals surface area contributed by atoms with Crippen LogP contribution in [0, 0.1) is 6.92 Å². The Morgan fingerprint density at radius 1 is 1.32 bits per heavy atom. The van der Waals surface area contributed by atoms with E-state index in [2.05, 4.69) is 4.98 Å². The molecule has 1 aromatic heterocycles. The fourth-order valence-electron chi connectivity index (χ4n) is 1.85. The number of aryl methyl sites for hydroxylation is 1. The van der Waals surface area contributed by atoms with Crippen molar-refractivity contribution < 1.29 is 9.84 Å². The number of nitrogens with zero attached hydrogens (tertiary/aromatic N) is 1. The van der Waals surface area contributed by atoms with Crippen molar-refractivity contribution in [2.75, 3.05) is 6.61 Å². The first-order chi connectivity index (χ1) is 9.20. The fourth-order valence-corrected chi connectivity index (χ4v) is 2.61. The number of ether oxygens (including phenoxy) is 1. The van der Waals surface area contributed by atoms with Gasteiger partial charge in [-0.25, -0.2) is 4.98 Å². The van der Waals surface area contributed by atoms with Crippen LogP contribution in [0.25, 0.3) is 0 Å². The summed E-state index contributed by atoms with van der Waals surface area (Å²) in [5, 5.41) is 9.71. The van der Waals surface area contributed by atoms with Crippen LogP contribution >= 0.6 is 11.3 Å². The molecule has 0 saturated heterocycles. The summed E-state index contributed by atoms with van der Waals surface area (Å²) >= 11 is 1.67. The highest BCUT2D eigenvalue weighted by atomic mass is 32.1. The smallest absolute Gasteiger partial charge is 0.119 e. The molecular formula is C15H19NO2S. The second kappa shape index (κ2) is 6.68. The molecule has 102 valence electrons. The van der Waals surface area contributed by atoms with Crippen LogP contribution in [0.15, 0.2) is 29.8 Å². The molecule has 0 saturated carbocycles. The Bertz CT molecular complexity index is 507. The van der Waals surface area contributed by atoms with Gasteiger partial charge in [-0.1, -0.05) is 19.1 Å². The van der Waals surface area contributed by atoms with Crippen LogP contribution in [-0.4, -0.2) is 16.7 Å². The average Bonchev–Trinajstić information content (AvgIpc) is 2.84. The van der Waals surface area contributed by atoms with Gasteiger partial charge >= 0.3 is 0 Å². The molecule has 0 bridgehead atoms. The molecule has 0 aliphatic rings. The molecule has 19 heavy (non-hydrogen) atoms. The van der Waals surface area contributed by atoms with Gasteiger partial charge in [0.15, 0.2) is 0 Å². The number of benzene rings is 1. The van der Waals surface area contributed by atoms with Gasteiger partial charge in [-0.15, -0.1) is 11.3 Å². The summed E-state index contributed by atoms with van der Waals surface area (Å²) in [6.07, 6.45) is 1.23. The lowest BCUT2D eigenvalue weighted by Gasteiger charge is -2.10. The van der Waals surface area contributed by atoms with Crippen molar-refractivity contribution in [3.63, 3.8) is 0 Å². The van der Waals surface area contributed by atoms with Gasteiger partial charge in [-0.05, 0) is 31.0 Å². The second-order valence-corrected chi connectivity index (χ2v) is 5.39. The quantitative estimate of drug-likeness (QED) is 0.878. The van der Waals surface area contributed by atoms with Crippen molar-refractivity contribution in [3.05, 3.63) is 45.9 Å². The van der Waals surface area contributed by atoms with Gasteiger partial charge < -0.3 is 9.84 Å². The number of aromatic nitrogens is 1. The Balaban J connectivity index is 1.85. The van der Waals surface area contributed by atoms with E-state index in [0.717, 1.165) is 29.8 Å². The number of hydrogen-bond donors (Lipinski definition) is 1. The van der Waals surface area contributed by atoms with E-state index in [0.29, 0.717) is 6.61 Å². The molecule has 3 nitrogen and oxygen atoms in total. The third kappa shape index (κ3) is 3.78. The van der Waals surface area contributed by atoms with Gasteiger partial charge in [0, 0.05) is 11.3 Å². The Hall–Kier alpha value is -1.39. The molecule has 0 aliphatic heterocycles. The van der Waals surface area contributed by atoms with Gasteiger partial charge in [-0.3, -0.25) is 0 Å². The largest absolute Gasteiger partial charge is 0.493 e. The number of thiazole rings is 1. The average molecular weight is 277 g/mol. The van der Waals surface area contributed by atoms with Gasteiger partial charge in [0.25, 0.3) is 0 Å². The lowest BCUT2D eigenvalue weighted by Crippen LogP contribution is -2.01. The minimum absolute atomic E-state index is 0.381. The highest BCUT2D eigenvalue weighted by molar-refractivity contribution is 7.09. The molecule has 1 N–H and O–H groups in total. The molecule has 1 atom stereocenters. The van der Waals surface area contributed by atoms with E-state index in [1.807, 2.05) is 43.6 Å². The number of aliphatic hydroxyl groups is 1. The SMILES string of the molecule is CC[C@@H](O)c1ccc(OCCc2scnc2C)cc1. The van der Waals surface area contributed by atoms with Crippen molar-refractivity contribution in [1.29, 1.82) is 0 Å². The van der Waals surface area contributed by atoms with Gasteiger partial charge in [0.2, 0.25) is 0 Å². The van der Waals surface area contributed by atoms with Crippen molar-refractivity contribution in [3.8, 4) is 5.75 Å². The van der Waals surface area contributed by atoms with E-state index in [-0.39, 0.29) is 6.10 Å². The normalized spacial score (nSPS) is 12.4. The van der Waals surface area contributed by atoms with Crippen LogP contribution in [-0.2, 0) is 6.42 Å². The van der Waals surface area contributed by atoms with E-state index in [9.17, 15) is 5.11 Å². The molecule has 0 unspecified atom stereocenters. The van der Waals surface area contributed by atoms with Crippen molar-refractivity contribution in [2.24, 2.45) is 0 Å². The van der Waals surface area contributed by atoms with E-state index in [1.54, 1.807) is 11.3 Å². The monoisotopic (exact) mass is 277 g/mol. The lowest BCUT2D eigenvalue weighted by molar-refractivity contribution is 0.173. The fraction of sp³-hybridized carbons (Fsp3) is 0.400. The Morgan fingerprint density at radius 3 is 2.63 bits per heavy atom. The molecule has 0 fully saturated rings. The summed E-state index contributed by atoms with van der Waals surface area (Å²) in [6.45, 7) is 4.64. The molecule has 1 aromatic carbocycles. The van der Waals surface area contributed by atoms with Crippen LogP contribution in [0.1, 0.15) is 35.6 Å². The van der Waals surface area contributed by atoms with Gasteiger partial charge in [0.05, 0.1) is 23.9 Å². The van der Waals surface area contributed by atoms with Crippen molar-refractivity contribution in [2.45, 2.75) is 32.8 Å². The van der Waals surface area contributed by atoms with Crippen LogP contribution in [0.2, 0.25) is 0 Å². The molecule has 1 heterocycles. The Morgan fingerprint density at radius 2 is 2.05 bits per heavy atom. The first-order valence-electron chi connectivity index (χ1n) is 6.50. The third-order valence-corrected chi connectivity index (χ3v) is 4.09. The molecule has 2 rings (SSSR count). The van der Waals surface area contributed by atoms with E-state index >= 15 is 0 Å². The molecule has 0 amide bonds. The van der Waals surface area contributed by atoms with Crippen molar-refractivity contribution >= 4 is 11.3 Å². The minimum Gasteiger partial charge on any atom is -0.493 e. The summed E-state index contributed by atoms with van der Waals surface area (Å²) in [7, 11) is 0. The Kier molecular flexibility index (Phi) is 4.93. The molecule has 4 heteroatoms. The van der Waals surface area contributed by atoms with E-state index < -0.39 is 0 Å². The van der Waals surface area contributed by atoms with Crippen LogP contribution < -0.4 is 4.74 Å². The number of aliphatic hydroxyl groups excluding tert-OH is 1. The zero-order valence-corrected chi connectivity index (χ0v) is 12.1. The third-order valence-electron chi connectivity index (χ3n) is 3.09. The summed E-state index contributed by atoms with van der Waals surface area (Å²) in [5.41, 5.74) is 3.90. The molecule has 2 aromatic rings. The summed E-state index contributed by atoms with van der Waals surface area (Å²) in [5.74, 6) is 0.842. The first-order valence-corrected chi connectivity index (χ1v) is 7.38. The van der Waals surface area contributed by atoms with Crippen LogP contribution in [0.5, 0.6) is 5.75 Å². The van der Waals surface area contributed by atoms with Gasteiger partial charge in [0.1, 0.15) is 5.75 Å². The molecular weight excluding hydrogens is 258 g/mol. The van der Waals surface area contributed by atoms with E-state index in [4.69, 9.17) is 4.74 Å². The molecule has 0 radical (unpaired) electrons. The Labute approximate surface area is 117 Å². The van der Waals surface area contributed by atoms with E-state index in [1.165, 1.54) is 4.88 Å². The predicted octanol–water partition coefficient (Wildman–Crippen LogP) is 3.52. The maximum atomic E-state index is 9.71. The standard InChI is InChI=1S/C15H19NO2S/c1-3-14(17)12-4-6-13(7-5-12)18-9-8-15-11(2)16-10-19-15/h4-7,10,14,17H,3,8-9H2,1-2H3/t14-/m1/s1. The van der Waals surface area contributed by atoms with Crippen LogP contribution in [0.3, 0.4) is 0 Å². The maximum Gasteiger partial charge on any atom is 0.119 e.